The molecule has 1 amide bonds. The minimum atomic E-state index is -1.08. The van der Waals surface area contributed by atoms with E-state index < -0.39 is 5.97 Å². The molecule has 0 aromatic rings. The second kappa shape index (κ2) is 4.65. The molecule has 0 spiro atoms. The number of rotatable bonds is 3. The molecular weight excluding hydrogens is 208 g/mol. The Balaban J connectivity index is 1.79. The molecule has 16 heavy (non-hydrogen) atoms. The summed E-state index contributed by atoms with van der Waals surface area (Å²) in [5.74, 6) is -1.28. The molecule has 1 saturated carbocycles. The zero-order valence-corrected chi connectivity index (χ0v) is 9.13. The van der Waals surface area contributed by atoms with Crippen LogP contribution in [0.25, 0.3) is 0 Å². The van der Waals surface area contributed by atoms with Crippen LogP contribution in [0, 0.1) is 0 Å². The molecule has 0 unspecified atom stereocenters. The lowest BCUT2D eigenvalue weighted by molar-refractivity contribution is -0.132. The monoisotopic (exact) mass is 224 g/mol. The lowest BCUT2D eigenvalue weighted by atomic mass is 10.3. The zero-order valence-electron chi connectivity index (χ0n) is 9.13. The fourth-order valence-corrected chi connectivity index (χ4v) is 2.00. The number of hydrogen-bond acceptors (Lipinski definition) is 3. The third-order valence-corrected chi connectivity index (χ3v) is 3.06. The predicted molar refractivity (Wildman–Crippen MR) is 58.0 cm³/mol. The van der Waals surface area contributed by atoms with E-state index in [-0.39, 0.29) is 5.91 Å². The van der Waals surface area contributed by atoms with Gasteiger partial charge in [-0.15, -0.1) is 0 Å². The minimum absolute atomic E-state index is 0.196. The van der Waals surface area contributed by atoms with Crippen LogP contribution in [0.15, 0.2) is 12.2 Å². The zero-order chi connectivity index (χ0) is 11.5. The van der Waals surface area contributed by atoms with E-state index in [1.54, 1.807) is 4.90 Å². The van der Waals surface area contributed by atoms with Crippen molar-refractivity contribution in [3.8, 4) is 0 Å². The highest BCUT2D eigenvalue weighted by Gasteiger charge is 2.31. The first kappa shape index (κ1) is 11.1. The Morgan fingerprint density at radius 2 is 1.69 bits per heavy atom. The second-order valence-electron chi connectivity index (χ2n) is 4.26. The Kier molecular flexibility index (Phi) is 3.24. The molecule has 2 fully saturated rings. The fourth-order valence-electron chi connectivity index (χ4n) is 2.00. The molecule has 5 heteroatoms. The third kappa shape index (κ3) is 2.82. The summed E-state index contributed by atoms with van der Waals surface area (Å²) in [7, 11) is 0. The topological polar surface area (TPSA) is 60.9 Å². The fraction of sp³-hybridized carbons (Fsp3) is 0.636. The van der Waals surface area contributed by atoms with Crippen LogP contribution < -0.4 is 0 Å². The highest BCUT2D eigenvalue weighted by atomic mass is 16.4. The number of carbonyl (C=O) groups is 2. The van der Waals surface area contributed by atoms with Crippen molar-refractivity contribution in [2.45, 2.75) is 18.9 Å². The van der Waals surface area contributed by atoms with Gasteiger partial charge in [0.15, 0.2) is 0 Å². The molecule has 0 bridgehead atoms. The van der Waals surface area contributed by atoms with Gasteiger partial charge in [-0.25, -0.2) is 4.79 Å². The molecule has 5 nitrogen and oxygen atoms in total. The van der Waals surface area contributed by atoms with Crippen LogP contribution in [0.5, 0.6) is 0 Å². The van der Waals surface area contributed by atoms with Crippen LogP contribution >= 0.6 is 0 Å². The summed E-state index contributed by atoms with van der Waals surface area (Å²) in [6.45, 7) is 3.24. The number of hydrogen-bond donors (Lipinski definition) is 1. The van der Waals surface area contributed by atoms with Crippen molar-refractivity contribution in [3.05, 3.63) is 12.2 Å². The minimum Gasteiger partial charge on any atom is -0.478 e. The van der Waals surface area contributed by atoms with Crippen LogP contribution in [-0.2, 0) is 9.59 Å². The van der Waals surface area contributed by atoms with Gasteiger partial charge in [0.05, 0.1) is 0 Å². The molecule has 1 saturated heterocycles. The Bertz CT molecular complexity index is 315. The predicted octanol–water partition coefficient (Wildman–Crippen LogP) is -0.0662. The van der Waals surface area contributed by atoms with Gasteiger partial charge in [-0.2, -0.15) is 0 Å². The van der Waals surface area contributed by atoms with Crippen LogP contribution in [0.4, 0.5) is 0 Å². The van der Waals surface area contributed by atoms with Gasteiger partial charge in [-0.3, -0.25) is 9.69 Å². The van der Waals surface area contributed by atoms with Crippen molar-refractivity contribution >= 4 is 11.9 Å². The van der Waals surface area contributed by atoms with Gasteiger partial charge in [0.2, 0.25) is 5.91 Å². The van der Waals surface area contributed by atoms with Gasteiger partial charge in [-0.05, 0) is 12.8 Å². The van der Waals surface area contributed by atoms with Crippen molar-refractivity contribution < 1.29 is 14.7 Å². The smallest absolute Gasteiger partial charge is 0.328 e. The summed E-state index contributed by atoms with van der Waals surface area (Å²) in [6.07, 6.45) is 4.60. The summed E-state index contributed by atoms with van der Waals surface area (Å²) >= 11 is 0. The number of piperazine rings is 1. The molecule has 1 aliphatic heterocycles. The van der Waals surface area contributed by atoms with E-state index in [0.29, 0.717) is 13.1 Å². The first-order chi connectivity index (χ1) is 7.66. The van der Waals surface area contributed by atoms with Gasteiger partial charge in [0.25, 0.3) is 0 Å². The SMILES string of the molecule is O=C(O)/C=C/C(=O)N1CCN(C2CC2)CC1. The van der Waals surface area contributed by atoms with E-state index in [1.807, 2.05) is 0 Å². The largest absolute Gasteiger partial charge is 0.478 e. The quantitative estimate of drug-likeness (QED) is 0.682. The molecule has 0 aromatic heterocycles. The van der Waals surface area contributed by atoms with Gasteiger partial charge < -0.3 is 10.0 Å². The number of carboxylic acid groups (broad SMARTS) is 1. The average molecular weight is 224 g/mol. The molecule has 2 aliphatic rings. The first-order valence-corrected chi connectivity index (χ1v) is 5.61. The maximum atomic E-state index is 11.6. The highest BCUT2D eigenvalue weighted by Crippen LogP contribution is 2.27. The van der Waals surface area contributed by atoms with E-state index in [0.717, 1.165) is 31.3 Å². The average Bonchev–Trinajstić information content (AvgIpc) is 3.10. The first-order valence-electron chi connectivity index (χ1n) is 5.61. The van der Waals surface area contributed by atoms with Crippen molar-refractivity contribution in [1.82, 2.24) is 9.80 Å². The van der Waals surface area contributed by atoms with E-state index in [2.05, 4.69) is 4.90 Å². The molecule has 0 radical (unpaired) electrons. The Morgan fingerprint density at radius 3 is 2.19 bits per heavy atom. The molecule has 1 aliphatic carbocycles. The van der Waals surface area contributed by atoms with Crippen LogP contribution in [0.2, 0.25) is 0 Å². The molecule has 0 aromatic carbocycles. The van der Waals surface area contributed by atoms with Crippen LogP contribution in [-0.4, -0.2) is 59.0 Å². The lowest BCUT2D eigenvalue weighted by Gasteiger charge is -2.34. The van der Waals surface area contributed by atoms with E-state index in [9.17, 15) is 9.59 Å². The number of amides is 1. The molecule has 1 heterocycles. The number of carboxylic acids is 1. The summed E-state index contributed by atoms with van der Waals surface area (Å²) in [5, 5.41) is 8.42. The highest BCUT2D eigenvalue weighted by molar-refractivity contribution is 5.93. The van der Waals surface area contributed by atoms with Crippen LogP contribution in [0.3, 0.4) is 0 Å². The van der Waals surface area contributed by atoms with E-state index >= 15 is 0 Å². The summed E-state index contributed by atoms with van der Waals surface area (Å²) < 4.78 is 0. The third-order valence-electron chi connectivity index (χ3n) is 3.06. The van der Waals surface area contributed by atoms with Crippen molar-refractivity contribution in [3.63, 3.8) is 0 Å². The lowest BCUT2D eigenvalue weighted by Crippen LogP contribution is -2.48. The number of nitrogens with zero attached hydrogens (tertiary/aromatic N) is 2. The molecular formula is C11H16N2O3. The maximum Gasteiger partial charge on any atom is 0.328 e. The van der Waals surface area contributed by atoms with E-state index in [4.69, 9.17) is 5.11 Å². The molecule has 2 rings (SSSR count). The van der Waals surface area contributed by atoms with Gasteiger partial charge in [0, 0.05) is 44.4 Å². The van der Waals surface area contributed by atoms with Gasteiger partial charge >= 0.3 is 5.97 Å². The Labute approximate surface area is 94.3 Å². The summed E-state index contributed by atoms with van der Waals surface area (Å²) in [4.78, 5) is 25.9. The summed E-state index contributed by atoms with van der Waals surface area (Å²) in [6, 6.07) is 0.742. The molecule has 0 atom stereocenters. The summed E-state index contributed by atoms with van der Waals surface area (Å²) in [5.41, 5.74) is 0. The van der Waals surface area contributed by atoms with Gasteiger partial charge in [-0.1, -0.05) is 0 Å². The maximum absolute atomic E-state index is 11.6. The van der Waals surface area contributed by atoms with E-state index in [1.165, 1.54) is 12.8 Å². The van der Waals surface area contributed by atoms with Crippen LogP contribution in [0.1, 0.15) is 12.8 Å². The standard InChI is InChI=1S/C11H16N2O3/c14-10(3-4-11(15)16)13-7-5-12(6-8-13)9-1-2-9/h3-4,9H,1-2,5-8H2,(H,15,16)/b4-3+. The Morgan fingerprint density at radius 1 is 1.06 bits per heavy atom. The second-order valence-corrected chi connectivity index (χ2v) is 4.26. The van der Waals surface area contributed by atoms with Crippen molar-refractivity contribution in [2.24, 2.45) is 0 Å². The number of aliphatic carboxylic acids is 1. The Hall–Kier alpha value is -1.36. The molecule has 88 valence electrons. The van der Waals surface area contributed by atoms with Crippen molar-refractivity contribution in [2.75, 3.05) is 26.2 Å². The van der Waals surface area contributed by atoms with Crippen molar-refractivity contribution in [1.29, 1.82) is 0 Å². The van der Waals surface area contributed by atoms with Gasteiger partial charge in [0.1, 0.15) is 0 Å². The number of carbonyl (C=O) groups excluding carboxylic acids is 1. The molecule has 1 N–H and O–H groups in total. The normalized spacial score (nSPS) is 22.6.